The van der Waals surface area contributed by atoms with Gasteiger partial charge in [-0.15, -0.1) is 0 Å². The Balaban J connectivity index is 0.000000179. The van der Waals surface area contributed by atoms with E-state index in [2.05, 4.69) is 15.3 Å². The number of aliphatic hydroxyl groups is 1. The van der Waals surface area contributed by atoms with Crippen molar-refractivity contribution in [1.82, 2.24) is 20.0 Å². The lowest BCUT2D eigenvalue weighted by Crippen LogP contribution is -2.41. The summed E-state index contributed by atoms with van der Waals surface area (Å²) < 4.78 is 25.1. The highest BCUT2D eigenvalue weighted by Crippen LogP contribution is 2.37. The van der Waals surface area contributed by atoms with Gasteiger partial charge in [0.1, 0.15) is 0 Å². The van der Waals surface area contributed by atoms with Crippen LogP contribution in [-0.4, -0.2) is 68.3 Å². The summed E-state index contributed by atoms with van der Waals surface area (Å²) in [5.74, 6) is 0. The molecule has 0 aromatic carbocycles. The van der Waals surface area contributed by atoms with E-state index in [1.165, 1.54) is 0 Å². The normalized spacial score (nSPS) is 23.0. The van der Waals surface area contributed by atoms with Crippen molar-refractivity contribution in [3.05, 3.63) is 24.8 Å². The lowest BCUT2D eigenvalue weighted by molar-refractivity contribution is 0.00578. The minimum absolute atomic E-state index is 0.0739. The van der Waals surface area contributed by atoms with E-state index in [0.29, 0.717) is 6.54 Å². The zero-order chi connectivity index (χ0) is 23.1. The highest BCUT2D eigenvalue weighted by atomic mass is 16.7. The van der Waals surface area contributed by atoms with Gasteiger partial charge in [0, 0.05) is 35.7 Å². The van der Waals surface area contributed by atoms with Crippen LogP contribution in [0.3, 0.4) is 0 Å². The van der Waals surface area contributed by atoms with E-state index in [0.717, 1.165) is 10.9 Å². The Bertz CT molecular complexity index is 835. The summed E-state index contributed by atoms with van der Waals surface area (Å²) in [4.78, 5) is 0. The molecule has 9 nitrogen and oxygen atoms in total. The minimum atomic E-state index is -0.382. The molecule has 31 heavy (non-hydrogen) atoms. The number of nitrogens with zero attached hydrogens (tertiary/aromatic N) is 3. The fourth-order valence-corrected chi connectivity index (χ4v) is 3.07. The SMILES string of the molecule is CC1(C)OB(c2cn[nH]c2)OC1(C)C.CC1(C)OB(c2cnn(CCO)c2)OC1(C)C. The van der Waals surface area contributed by atoms with E-state index in [9.17, 15) is 0 Å². The Morgan fingerprint density at radius 2 is 1.32 bits per heavy atom. The molecule has 11 heteroatoms. The van der Waals surface area contributed by atoms with Crippen LogP contribution in [-0.2, 0) is 25.2 Å². The second kappa shape index (κ2) is 8.36. The Kier molecular flexibility index (Phi) is 6.48. The molecule has 0 amide bonds. The quantitative estimate of drug-likeness (QED) is 0.692. The standard InChI is InChI=1S/C11H19BN2O3.C9H15BN2O2/c1-10(2)11(3,4)17-12(16-10)9-7-13-14(8-9)5-6-15;1-8(2)9(3,4)14-10(13-8)7-5-11-12-6-7/h7-8,15H,5-6H2,1-4H3;5-6H,1-4H3,(H,11,12). The number of hydrogen-bond acceptors (Lipinski definition) is 7. The van der Waals surface area contributed by atoms with Crippen LogP contribution in [0.15, 0.2) is 24.8 Å². The number of aromatic amines is 1. The molecule has 0 aliphatic carbocycles. The van der Waals surface area contributed by atoms with Gasteiger partial charge in [-0.1, -0.05) is 0 Å². The predicted molar refractivity (Wildman–Crippen MR) is 119 cm³/mol. The molecule has 2 aliphatic heterocycles. The lowest BCUT2D eigenvalue weighted by atomic mass is 9.82. The first-order chi connectivity index (χ1) is 14.3. The van der Waals surface area contributed by atoms with Gasteiger partial charge in [0.25, 0.3) is 0 Å². The summed E-state index contributed by atoms with van der Waals surface area (Å²) >= 11 is 0. The maximum atomic E-state index is 8.84. The molecule has 2 saturated heterocycles. The summed E-state index contributed by atoms with van der Waals surface area (Å²) in [7, 11) is -0.689. The minimum Gasteiger partial charge on any atom is -0.399 e. The number of aromatic nitrogens is 4. The van der Waals surface area contributed by atoms with E-state index in [1.54, 1.807) is 23.3 Å². The first-order valence-corrected chi connectivity index (χ1v) is 10.6. The van der Waals surface area contributed by atoms with Crippen LogP contribution < -0.4 is 10.9 Å². The largest absolute Gasteiger partial charge is 0.498 e. The van der Waals surface area contributed by atoms with E-state index in [-0.39, 0.29) is 43.2 Å². The van der Waals surface area contributed by atoms with Crippen LogP contribution in [0.5, 0.6) is 0 Å². The number of hydrogen-bond donors (Lipinski definition) is 2. The summed E-state index contributed by atoms with van der Waals surface area (Å²) in [6.07, 6.45) is 7.08. The number of H-pyrrole nitrogens is 1. The molecule has 0 spiro atoms. The maximum Gasteiger partial charge on any atom is 0.498 e. The molecule has 0 unspecified atom stereocenters. The van der Waals surface area contributed by atoms with Gasteiger partial charge < -0.3 is 23.7 Å². The van der Waals surface area contributed by atoms with Crippen molar-refractivity contribution in [2.45, 2.75) is 84.3 Å². The van der Waals surface area contributed by atoms with Crippen molar-refractivity contribution in [2.75, 3.05) is 6.61 Å². The van der Waals surface area contributed by atoms with E-state index in [4.69, 9.17) is 23.7 Å². The highest BCUT2D eigenvalue weighted by molar-refractivity contribution is 6.62. The molecule has 4 rings (SSSR count). The predicted octanol–water partition coefficient (Wildman–Crippen LogP) is 0.884. The third-order valence-electron chi connectivity index (χ3n) is 6.55. The maximum absolute atomic E-state index is 8.84. The first kappa shape index (κ1) is 24.0. The lowest BCUT2D eigenvalue weighted by Gasteiger charge is -2.32. The molecule has 2 aliphatic rings. The third-order valence-corrected chi connectivity index (χ3v) is 6.55. The van der Waals surface area contributed by atoms with Crippen LogP contribution in [0.1, 0.15) is 55.4 Å². The molecule has 0 saturated carbocycles. The summed E-state index contributed by atoms with van der Waals surface area (Å²) in [5, 5.41) is 19.6. The van der Waals surface area contributed by atoms with E-state index in [1.807, 2.05) is 61.6 Å². The molecule has 2 aromatic heterocycles. The molecule has 4 heterocycles. The van der Waals surface area contributed by atoms with Gasteiger partial charge in [-0.2, -0.15) is 10.2 Å². The van der Waals surface area contributed by atoms with Crippen molar-refractivity contribution in [2.24, 2.45) is 0 Å². The molecule has 0 radical (unpaired) electrons. The van der Waals surface area contributed by atoms with Gasteiger partial charge in [-0.05, 0) is 55.4 Å². The highest BCUT2D eigenvalue weighted by Gasteiger charge is 2.53. The van der Waals surface area contributed by atoms with Gasteiger partial charge >= 0.3 is 14.2 Å². The molecule has 2 N–H and O–H groups in total. The van der Waals surface area contributed by atoms with Crippen LogP contribution >= 0.6 is 0 Å². The molecular formula is C20H34B2N4O5. The topological polar surface area (TPSA) is 104 Å². The van der Waals surface area contributed by atoms with Gasteiger partial charge in [0.15, 0.2) is 0 Å². The Hall–Kier alpha value is -1.65. The van der Waals surface area contributed by atoms with Crippen LogP contribution in [0.4, 0.5) is 0 Å². The fourth-order valence-electron chi connectivity index (χ4n) is 3.07. The number of rotatable bonds is 4. The van der Waals surface area contributed by atoms with Crippen molar-refractivity contribution >= 4 is 25.2 Å². The molecule has 170 valence electrons. The van der Waals surface area contributed by atoms with Crippen LogP contribution in [0.25, 0.3) is 0 Å². The van der Waals surface area contributed by atoms with Crippen molar-refractivity contribution in [3.63, 3.8) is 0 Å². The second-order valence-electron chi connectivity index (χ2n) is 9.97. The monoisotopic (exact) mass is 432 g/mol. The van der Waals surface area contributed by atoms with Crippen LogP contribution in [0.2, 0.25) is 0 Å². The van der Waals surface area contributed by atoms with Gasteiger partial charge in [-0.25, -0.2) is 0 Å². The van der Waals surface area contributed by atoms with Crippen molar-refractivity contribution in [1.29, 1.82) is 0 Å². The Labute approximate surface area is 185 Å². The van der Waals surface area contributed by atoms with E-state index >= 15 is 0 Å². The average Bonchev–Trinajstić information content (AvgIpc) is 3.38. The van der Waals surface area contributed by atoms with Gasteiger partial charge in [0.2, 0.25) is 0 Å². The zero-order valence-electron chi connectivity index (χ0n) is 19.8. The second-order valence-corrected chi connectivity index (χ2v) is 9.97. The summed E-state index contributed by atoms with van der Waals surface area (Å²) in [6.45, 7) is 16.8. The first-order valence-electron chi connectivity index (χ1n) is 10.6. The third kappa shape index (κ3) is 4.90. The molecule has 2 fully saturated rings. The van der Waals surface area contributed by atoms with Crippen molar-refractivity contribution < 1.29 is 23.7 Å². The number of nitrogens with one attached hydrogen (secondary N) is 1. The summed E-state index contributed by atoms with van der Waals surface area (Å²) in [6, 6.07) is 0. The van der Waals surface area contributed by atoms with Crippen molar-refractivity contribution in [3.8, 4) is 0 Å². The van der Waals surface area contributed by atoms with Gasteiger partial charge in [0.05, 0.1) is 35.6 Å². The Morgan fingerprint density at radius 3 is 1.74 bits per heavy atom. The smallest absolute Gasteiger partial charge is 0.399 e. The number of aliphatic hydroxyl groups excluding tert-OH is 1. The summed E-state index contributed by atoms with van der Waals surface area (Å²) in [5.41, 5.74) is 0.581. The Morgan fingerprint density at radius 1 is 0.839 bits per heavy atom. The average molecular weight is 432 g/mol. The molecule has 2 aromatic rings. The van der Waals surface area contributed by atoms with Gasteiger partial charge in [-0.3, -0.25) is 9.78 Å². The molecular weight excluding hydrogens is 398 g/mol. The fraction of sp³-hybridized carbons (Fsp3) is 0.700. The van der Waals surface area contributed by atoms with Crippen LogP contribution in [0, 0.1) is 0 Å². The zero-order valence-corrected chi connectivity index (χ0v) is 19.8. The molecule has 0 atom stereocenters. The van der Waals surface area contributed by atoms with E-state index < -0.39 is 0 Å². The molecule has 0 bridgehead atoms.